The van der Waals surface area contributed by atoms with Crippen LogP contribution < -0.4 is 19.1 Å². The van der Waals surface area contributed by atoms with E-state index in [1.165, 1.54) is 25.1 Å². The molecule has 9 nitrogen and oxygen atoms in total. The number of sulfonamides is 1. The number of hydrogen-bond acceptors (Lipinski definition) is 8. The predicted molar refractivity (Wildman–Crippen MR) is 139 cm³/mol. The fourth-order valence-electron chi connectivity index (χ4n) is 4.48. The van der Waals surface area contributed by atoms with E-state index in [4.69, 9.17) is 13.9 Å². The van der Waals surface area contributed by atoms with Crippen molar-refractivity contribution in [2.45, 2.75) is 32.5 Å². The van der Waals surface area contributed by atoms with Crippen LogP contribution in [0.25, 0.3) is 11.1 Å². The van der Waals surface area contributed by atoms with Gasteiger partial charge in [0, 0.05) is 24.6 Å². The normalized spacial score (nSPS) is 15.2. The van der Waals surface area contributed by atoms with Crippen LogP contribution >= 0.6 is 0 Å². The average Bonchev–Trinajstić information content (AvgIpc) is 3.34. The number of nitrogens with zero attached hydrogens (tertiary/aromatic N) is 2. The molecule has 1 aliphatic rings. The molecule has 2 heterocycles. The second kappa shape index (κ2) is 10.3. The lowest BCUT2D eigenvalue weighted by Crippen LogP contribution is -2.52. The van der Waals surface area contributed by atoms with Crippen LogP contribution in [0.15, 0.2) is 65.1 Å². The van der Waals surface area contributed by atoms with Gasteiger partial charge in [0.15, 0.2) is 5.58 Å². The van der Waals surface area contributed by atoms with Crippen molar-refractivity contribution in [1.82, 2.24) is 9.71 Å². The third-order valence-corrected chi connectivity index (χ3v) is 7.74. The van der Waals surface area contributed by atoms with Gasteiger partial charge in [-0.05, 0) is 48.4 Å². The van der Waals surface area contributed by atoms with Crippen LogP contribution in [0.1, 0.15) is 23.6 Å². The van der Waals surface area contributed by atoms with Crippen molar-refractivity contribution in [3.05, 3.63) is 83.2 Å². The molecular weight excluding hydrogens is 513 g/mol. The van der Waals surface area contributed by atoms with E-state index in [1.54, 1.807) is 12.0 Å². The summed E-state index contributed by atoms with van der Waals surface area (Å²) in [6, 6.07) is 16.1. The molecule has 0 bridgehead atoms. The molecule has 5 rings (SSSR count). The molecule has 0 spiro atoms. The zero-order valence-electron chi connectivity index (χ0n) is 20.8. The summed E-state index contributed by atoms with van der Waals surface area (Å²) in [5.74, 6) is -0.197. The van der Waals surface area contributed by atoms with Gasteiger partial charge in [0.25, 0.3) is 11.9 Å². The Balaban J connectivity index is 1.56. The average molecular weight is 540 g/mol. The van der Waals surface area contributed by atoms with Crippen molar-refractivity contribution in [3.63, 3.8) is 0 Å². The maximum absolute atomic E-state index is 13.8. The number of amides is 1. The van der Waals surface area contributed by atoms with Crippen molar-refractivity contribution >= 4 is 33.0 Å². The van der Waals surface area contributed by atoms with E-state index < -0.39 is 27.8 Å². The molecule has 4 aromatic rings. The smallest absolute Gasteiger partial charge is 0.299 e. The number of fused-ring (bicyclic) bond motifs is 2. The number of ether oxygens (including phenoxy) is 2. The van der Waals surface area contributed by atoms with Gasteiger partial charge < -0.3 is 18.8 Å². The van der Waals surface area contributed by atoms with E-state index in [-0.39, 0.29) is 36.9 Å². The van der Waals surface area contributed by atoms with Crippen LogP contribution in [-0.2, 0) is 34.4 Å². The van der Waals surface area contributed by atoms with E-state index in [9.17, 15) is 17.6 Å². The third kappa shape index (κ3) is 5.14. The molecule has 0 radical (unpaired) electrons. The van der Waals surface area contributed by atoms with Gasteiger partial charge in [0.05, 0.1) is 12.9 Å². The van der Waals surface area contributed by atoms with Crippen molar-refractivity contribution < 1.29 is 31.5 Å². The highest BCUT2D eigenvalue weighted by Gasteiger charge is 2.37. The van der Waals surface area contributed by atoms with E-state index in [0.29, 0.717) is 17.0 Å². The zero-order chi connectivity index (χ0) is 26.9. The standard InChI is InChI=1S/C27H26FN3O6S/c1-3-38(33,34)30-26(32)23-14-20-17(15-31(23)27-29-22-11-10-18(28)13-25(22)37-27)9-12-24(35-2)21(20)16-36-19-7-5-4-6-8-19/h4-13,23H,3,14-16H2,1-2H3,(H,30,32)/t23-/m0/s1. The van der Waals surface area contributed by atoms with Gasteiger partial charge in [-0.1, -0.05) is 24.3 Å². The molecule has 0 saturated heterocycles. The summed E-state index contributed by atoms with van der Waals surface area (Å²) in [4.78, 5) is 19.4. The lowest BCUT2D eigenvalue weighted by Gasteiger charge is -2.36. The minimum Gasteiger partial charge on any atom is -0.496 e. The zero-order valence-corrected chi connectivity index (χ0v) is 21.6. The van der Waals surface area contributed by atoms with Gasteiger partial charge in [-0.25, -0.2) is 12.8 Å². The van der Waals surface area contributed by atoms with Crippen molar-refractivity contribution in [2.24, 2.45) is 0 Å². The Bertz CT molecular complexity index is 1590. The molecule has 0 saturated carbocycles. The number of rotatable bonds is 8. The summed E-state index contributed by atoms with van der Waals surface area (Å²) >= 11 is 0. The monoisotopic (exact) mass is 539 g/mol. The number of benzene rings is 3. The Hall–Kier alpha value is -4.12. The van der Waals surface area contributed by atoms with Gasteiger partial charge >= 0.3 is 0 Å². The maximum Gasteiger partial charge on any atom is 0.299 e. The molecule has 1 aliphatic heterocycles. The summed E-state index contributed by atoms with van der Waals surface area (Å²) < 4.78 is 57.9. The molecule has 11 heteroatoms. The van der Waals surface area contributed by atoms with Crippen molar-refractivity contribution in [2.75, 3.05) is 17.8 Å². The highest BCUT2D eigenvalue weighted by atomic mass is 32.2. The molecular formula is C27H26FN3O6S. The van der Waals surface area contributed by atoms with E-state index in [1.807, 2.05) is 42.5 Å². The molecule has 0 aliphatic carbocycles. The van der Waals surface area contributed by atoms with E-state index in [2.05, 4.69) is 9.71 Å². The van der Waals surface area contributed by atoms with Crippen LogP contribution in [0.3, 0.4) is 0 Å². The lowest BCUT2D eigenvalue weighted by molar-refractivity contribution is -0.120. The molecule has 0 unspecified atom stereocenters. The van der Waals surface area contributed by atoms with E-state index >= 15 is 0 Å². The SMILES string of the molecule is CCS(=O)(=O)NC(=O)[C@@H]1Cc2c(ccc(OC)c2COc2ccccc2)CN1c1nc2ccc(F)cc2o1. The number of para-hydroxylation sites is 1. The molecule has 38 heavy (non-hydrogen) atoms. The number of oxazole rings is 1. The molecule has 1 aromatic heterocycles. The lowest BCUT2D eigenvalue weighted by atomic mass is 9.89. The minimum absolute atomic E-state index is 0.0863. The summed E-state index contributed by atoms with van der Waals surface area (Å²) in [5, 5.41) is 0. The predicted octanol–water partition coefficient (Wildman–Crippen LogP) is 3.95. The number of nitrogens with one attached hydrogen (secondary N) is 1. The summed E-state index contributed by atoms with van der Waals surface area (Å²) in [6.07, 6.45) is 0.137. The van der Waals surface area contributed by atoms with E-state index in [0.717, 1.165) is 16.7 Å². The molecule has 3 aromatic carbocycles. The molecule has 1 atom stereocenters. The molecule has 1 N–H and O–H groups in total. The Kier molecular flexibility index (Phi) is 6.94. The van der Waals surface area contributed by atoms with Gasteiger partial charge in [-0.2, -0.15) is 4.98 Å². The van der Waals surface area contributed by atoms with Crippen molar-refractivity contribution in [3.8, 4) is 11.5 Å². The first-order chi connectivity index (χ1) is 18.3. The van der Waals surface area contributed by atoms with Crippen LogP contribution in [-0.4, -0.2) is 38.2 Å². The Labute approximate surface area is 219 Å². The second-order valence-corrected chi connectivity index (χ2v) is 10.8. The quantitative estimate of drug-likeness (QED) is 0.358. The van der Waals surface area contributed by atoms with Crippen LogP contribution in [0.4, 0.5) is 10.4 Å². The first-order valence-corrected chi connectivity index (χ1v) is 13.7. The van der Waals surface area contributed by atoms with Crippen LogP contribution in [0, 0.1) is 5.82 Å². The number of hydrogen-bond donors (Lipinski definition) is 1. The topological polar surface area (TPSA) is 111 Å². The number of anilines is 1. The Morgan fingerprint density at radius 2 is 1.97 bits per heavy atom. The molecule has 0 fully saturated rings. The van der Waals surface area contributed by atoms with Crippen molar-refractivity contribution in [1.29, 1.82) is 0 Å². The fourth-order valence-corrected chi connectivity index (χ4v) is 5.07. The first kappa shape index (κ1) is 25.5. The van der Waals surface area contributed by atoms with Gasteiger partial charge in [0.2, 0.25) is 10.0 Å². The number of aromatic nitrogens is 1. The Morgan fingerprint density at radius 1 is 1.18 bits per heavy atom. The Morgan fingerprint density at radius 3 is 2.71 bits per heavy atom. The molecule has 198 valence electrons. The highest BCUT2D eigenvalue weighted by molar-refractivity contribution is 7.90. The number of methoxy groups -OCH3 is 1. The maximum atomic E-state index is 13.8. The summed E-state index contributed by atoms with van der Waals surface area (Å²) in [6.45, 7) is 1.82. The molecule has 1 amide bonds. The van der Waals surface area contributed by atoms with Crippen LogP contribution in [0.2, 0.25) is 0 Å². The fraction of sp³-hybridized carbons (Fsp3) is 0.259. The highest BCUT2D eigenvalue weighted by Crippen LogP contribution is 2.36. The number of carbonyl (C=O) groups excluding carboxylic acids is 1. The van der Waals surface area contributed by atoms with Gasteiger partial charge in [-0.3, -0.25) is 9.52 Å². The minimum atomic E-state index is -3.83. The largest absolute Gasteiger partial charge is 0.496 e. The van der Waals surface area contributed by atoms with Gasteiger partial charge in [0.1, 0.15) is 35.5 Å². The summed E-state index contributed by atoms with van der Waals surface area (Å²) in [7, 11) is -2.27. The van der Waals surface area contributed by atoms with Gasteiger partial charge in [-0.15, -0.1) is 0 Å². The first-order valence-electron chi connectivity index (χ1n) is 12.0. The second-order valence-electron chi connectivity index (χ2n) is 8.81. The third-order valence-electron chi connectivity index (χ3n) is 6.47. The number of halogens is 1. The summed E-state index contributed by atoms with van der Waals surface area (Å²) in [5.41, 5.74) is 3.07. The van der Waals surface area contributed by atoms with Crippen LogP contribution in [0.5, 0.6) is 11.5 Å². The number of carbonyl (C=O) groups is 1.